The van der Waals surface area contributed by atoms with Crippen molar-refractivity contribution in [2.45, 2.75) is 55.6 Å². The summed E-state index contributed by atoms with van der Waals surface area (Å²) >= 11 is 0. The molecule has 15 heteroatoms. The number of carbonyl (C=O) groups excluding carboxylic acids is 1. The van der Waals surface area contributed by atoms with E-state index in [0.29, 0.717) is 11.8 Å². The van der Waals surface area contributed by atoms with Crippen molar-refractivity contribution in [2.24, 2.45) is 0 Å². The van der Waals surface area contributed by atoms with E-state index in [2.05, 4.69) is 24.8 Å². The van der Waals surface area contributed by atoms with Gasteiger partial charge in [0.05, 0.1) is 30.5 Å². The summed E-state index contributed by atoms with van der Waals surface area (Å²) in [6, 6.07) is 0.683. The van der Waals surface area contributed by atoms with Crippen LogP contribution in [0.2, 0.25) is 0 Å². The number of pyridine rings is 2. The van der Waals surface area contributed by atoms with E-state index in [1.807, 2.05) is 0 Å². The van der Waals surface area contributed by atoms with Gasteiger partial charge in [0.1, 0.15) is 12.0 Å². The SMILES string of the molecule is [C-]#[N+]c1cnc(-c2cnc(C(F)(F)F)nc2)cc1CCC(=O)[C@@H]1C[C@@H](F)[C@H](C)N1S(=O)(=O)c1ccc(F)cn1. The lowest BCUT2D eigenvalue weighted by Crippen LogP contribution is -2.45. The van der Waals surface area contributed by atoms with E-state index in [9.17, 15) is 35.2 Å². The molecule has 0 radical (unpaired) electrons. The van der Waals surface area contributed by atoms with Gasteiger partial charge < -0.3 is 0 Å². The Bertz CT molecular complexity index is 1530. The molecule has 204 valence electrons. The van der Waals surface area contributed by atoms with Crippen LogP contribution in [-0.4, -0.2) is 56.7 Å². The van der Waals surface area contributed by atoms with Crippen molar-refractivity contribution in [3.8, 4) is 11.3 Å². The van der Waals surface area contributed by atoms with Crippen LogP contribution in [0.25, 0.3) is 16.1 Å². The van der Waals surface area contributed by atoms with Crippen molar-refractivity contribution in [3.05, 3.63) is 71.6 Å². The molecule has 0 unspecified atom stereocenters. The van der Waals surface area contributed by atoms with E-state index < -0.39 is 56.9 Å². The summed E-state index contributed by atoms with van der Waals surface area (Å²) < 4.78 is 93.3. The summed E-state index contributed by atoms with van der Waals surface area (Å²) in [5.41, 5.74) is 0.688. The molecular formula is C24H19F5N6O3S. The zero-order valence-electron chi connectivity index (χ0n) is 20.1. The summed E-state index contributed by atoms with van der Waals surface area (Å²) in [5.74, 6) is -2.71. The molecule has 4 rings (SSSR count). The Balaban J connectivity index is 1.56. The number of nitrogens with zero attached hydrogens (tertiary/aromatic N) is 6. The first-order valence-electron chi connectivity index (χ1n) is 11.4. The second-order valence-corrected chi connectivity index (χ2v) is 10.5. The number of carbonyl (C=O) groups is 1. The number of aryl methyl sites for hydroxylation is 1. The smallest absolute Gasteiger partial charge is 0.298 e. The zero-order valence-corrected chi connectivity index (χ0v) is 20.9. The Morgan fingerprint density at radius 1 is 1.13 bits per heavy atom. The zero-order chi connectivity index (χ0) is 28.5. The van der Waals surface area contributed by atoms with Crippen LogP contribution >= 0.6 is 0 Å². The monoisotopic (exact) mass is 566 g/mol. The second kappa shape index (κ2) is 10.7. The fraction of sp³-hybridized carbons (Fsp3) is 0.333. The van der Waals surface area contributed by atoms with Gasteiger partial charge in [0.2, 0.25) is 11.5 Å². The summed E-state index contributed by atoms with van der Waals surface area (Å²) in [4.78, 5) is 30.7. The van der Waals surface area contributed by atoms with Crippen LogP contribution in [0.3, 0.4) is 0 Å². The third kappa shape index (κ3) is 5.76. The molecule has 9 nitrogen and oxygen atoms in total. The van der Waals surface area contributed by atoms with Crippen LogP contribution in [0.15, 0.2) is 48.0 Å². The first kappa shape index (κ1) is 28.1. The number of alkyl halides is 4. The number of ketones is 1. The molecule has 0 N–H and O–H groups in total. The maximum atomic E-state index is 14.6. The molecular weight excluding hydrogens is 547 g/mol. The van der Waals surface area contributed by atoms with Crippen LogP contribution in [-0.2, 0) is 27.4 Å². The van der Waals surface area contributed by atoms with E-state index in [0.717, 1.165) is 28.8 Å². The molecule has 0 bridgehead atoms. The van der Waals surface area contributed by atoms with Gasteiger partial charge in [-0.15, -0.1) is 0 Å². The lowest BCUT2D eigenvalue weighted by atomic mass is 10.0. The van der Waals surface area contributed by atoms with Crippen molar-refractivity contribution in [1.82, 2.24) is 24.2 Å². The number of halogens is 5. The molecule has 3 aromatic rings. The average Bonchev–Trinajstić information content (AvgIpc) is 3.21. The number of rotatable bonds is 7. The molecule has 4 heterocycles. The highest BCUT2D eigenvalue weighted by molar-refractivity contribution is 7.89. The summed E-state index contributed by atoms with van der Waals surface area (Å²) in [5, 5.41) is -0.532. The number of hydrogen-bond acceptors (Lipinski definition) is 7. The van der Waals surface area contributed by atoms with Gasteiger partial charge in [-0.2, -0.15) is 17.5 Å². The number of aromatic nitrogens is 4. The van der Waals surface area contributed by atoms with E-state index in [4.69, 9.17) is 6.57 Å². The Hall–Kier alpha value is -3.90. The van der Waals surface area contributed by atoms with E-state index in [1.165, 1.54) is 19.2 Å². The fourth-order valence-corrected chi connectivity index (χ4v) is 5.97. The summed E-state index contributed by atoms with van der Waals surface area (Å²) in [7, 11) is -4.44. The third-order valence-electron chi connectivity index (χ3n) is 6.22. The molecule has 1 fully saturated rings. The van der Waals surface area contributed by atoms with Gasteiger partial charge in [-0.25, -0.2) is 37.0 Å². The summed E-state index contributed by atoms with van der Waals surface area (Å²) in [6.07, 6.45) is -3.34. The maximum absolute atomic E-state index is 14.6. The standard InChI is InChI=1S/C24H19F5N6O3S/c1-13-17(26)8-20(35(13)39(37,38)22-6-4-16(25)11-32-22)21(36)5-3-14-7-18(31-12-19(14)30-2)15-9-33-23(34-10-15)24(27,28)29/h4,6-7,9-13,17,20H,3,5,8H2,1H3/t13-,17+,20-/m0/s1. The van der Waals surface area contributed by atoms with Crippen LogP contribution in [0.4, 0.5) is 27.6 Å². The first-order chi connectivity index (χ1) is 18.3. The molecule has 1 saturated heterocycles. The van der Waals surface area contributed by atoms with Gasteiger partial charge in [0.15, 0.2) is 10.8 Å². The van der Waals surface area contributed by atoms with Crippen molar-refractivity contribution >= 4 is 21.5 Å². The first-order valence-corrected chi connectivity index (χ1v) is 12.8. The molecule has 0 aromatic carbocycles. The molecule has 3 atom stereocenters. The molecule has 0 spiro atoms. The predicted molar refractivity (Wildman–Crippen MR) is 126 cm³/mol. The molecule has 1 aliphatic heterocycles. The Kier molecular flexibility index (Phi) is 7.71. The molecule has 39 heavy (non-hydrogen) atoms. The molecule has 0 aliphatic carbocycles. The number of Topliss-reactive ketones (excluding diaryl/α,β-unsaturated/α-hetero) is 1. The highest BCUT2D eigenvalue weighted by atomic mass is 32.2. The van der Waals surface area contributed by atoms with Crippen molar-refractivity contribution in [2.75, 3.05) is 0 Å². The molecule has 0 amide bonds. The highest BCUT2D eigenvalue weighted by Gasteiger charge is 2.49. The normalized spacial score (nSPS) is 20.1. The van der Waals surface area contributed by atoms with Crippen molar-refractivity contribution < 1.29 is 35.2 Å². The largest absolute Gasteiger partial charge is 0.451 e. The average molecular weight is 567 g/mol. The maximum Gasteiger partial charge on any atom is 0.451 e. The number of hydrogen-bond donors (Lipinski definition) is 0. The van der Waals surface area contributed by atoms with Gasteiger partial charge in [0, 0.05) is 37.0 Å². The van der Waals surface area contributed by atoms with Gasteiger partial charge >= 0.3 is 6.18 Å². The summed E-state index contributed by atoms with van der Waals surface area (Å²) in [6.45, 7) is 8.68. The molecule has 1 aliphatic rings. The van der Waals surface area contributed by atoms with Gasteiger partial charge in [-0.3, -0.25) is 9.78 Å². The lowest BCUT2D eigenvalue weighted by molar-refractivity contribution is -0.145. The molecule has 0 saturated carbocycles. The van der Waals surface area contributed by atoms with Crippen LogP contribution in [0.5, 0.6) is 0 Å². The Morgan fingerprint density at radius 2 is 1.82 bits per heavy atom. The van der Waals surface area contributed by atoms with Gasteiger partial charge in [0.25, 0.3) is 10.0 Å². The minimum absolute atomic E-state index is 0.0575. The lowest BCUT2D eigenvalue weighted by Gasteiger charge is -2.26. The number of sulfonamides is 1. The predicted octanol–water partition coefficient (Wildman–Crippen LogP) is 4.33. The quantitative estimate of drug-likeness (QED) is 0.309. The minimum Gasteiger partial charge on any atom is -0.298 e. The van der Waals surface area contributed by atoms with Crippen LogP contribution in [0, 0.1) is 12.4 Å². The van der Waals surface area contributed by atoms with Gasteiger partial charge in [-0.05, 0) is 37.1 Å². The Labute approximate surface area is 219 Å². The fourth-order valence-electron chi connectivity index (χ4n) is 4.22. The van der Waals surface area contributed by atoms with Gasteiger partial charge in [-0.1, -0.05) is 0 Å². The third-order valence-corrected chi connectivity index (χ3v) is 8.13. The van der Waals surface area contributed by atoms with E-state index in [1.54, 1.807) is 0 Å². The minimum atomic E-state index is -4.73. The van der Waals surface area contributed by atoms with Crippen LogP contribution in [0.1, 0.15) is 31.2 Å². The Morgan fingerprint density at radius 3 is 2.41 bits per heavy atom. The van der Waals surface area contributed by atoms with Crippen molar-refractivity contribution in [3.63, 3.8) is 0 Å². The highest BCUT2D eigenvalue weighted by Crippen LogP contribution is 2.34. The van der Waals surface area contributed by atoms with E-state index >= 15 is 0 Å². The second-order valence-electron chi connectivity index (χ2n) is 8.73. The molecule has 3 aromatic heterocycles. The van der Waals surface area contributed by atoms with Crippen molar-refractivity contribution in [1.29, 1.82) is 0 Å². The topological polar surface area (TPSA) is 110 Å². The van der Waals surface area contributed by atoms with E-state index in [-0.39, 0.29) is 36.2 Å². The van der Waals surface area contributed by atoms with Crippen LogP contribution < -0.4 is 0 Å².